The highest BCUT2D eigenvalue weighted by Gasteiger charge is 2.13. The zero-order valence-corrected chi connectivity index (χ0v) is 8.23. The third-order valence-electron chi connectivity index (χ3n) is 1.64. The van der Waals surface area contributed by atoms with Crippen LogP contribution >= 0.6 is 11.3 Å². The number of furan rings is 1. The van der Waals surface area contributed by atoms with Gasteiger partial charge in [-0.25, -0.2) is 0 Å². The Morgan fingerprint density at radius 2 is 2.33 bits per heavy atom. The lowest BCUT2D eigenvalue weighted by molar-refractivity contribution is -0.402. The first kappa shape index (κ1) is 9.59. The fourth-order valence-electron chi connectivity index (χ4n) is 1.05. The van der Waals surface area contributed by atoms with Crippen LogP contribution in [0, 0.1) is 10.1 Å². The Labute approximate surface area is 87.7 Å². The summed E-state index contributed by atoms with van der Waals surface area (Å²) in [5, 5.41) is 18.8. The summed E-state index contributed by atoms with van der Waals surface area (Å²) in [6.07, 6.45) is 0.364. The summed E-state index contributed by atoms with van der Waals surface area (Å²) < 4.78 is 4.96. The van der Waals surface area contributed by atoms with Crippen LogP contribution in [0.4, 0.5) is 11.0 Å². The summed E-state index contributed by atoms with van der Waals surface area (Å²) in [6.45, 7) is 0. The van der Waals surface area contributed by atoms with E-state index < -0.39 is 4.92 Å². The first-order chi connectivity index (χ1) is 7.15. The third-order valence-corrected chi connectivity index (χ3v) is 2.39. The van der Waals surface area contributed by atoms with Crippen LogP contribution in [0.5, 0.6) is 0 Å². The Hall–Kier alpha value is -1.96. The van der Waals surface area contributed by atoms with Crippen molar-refractivity contribution in [3.8, 4) is 0 Å². The minimum absolute atomic E-state index is 0.275. The molecule has 15 heavy (non-hydrogen) atoms. The molecule has 2 heterocycles. The predicted molar refractivity (Wildman–Crippen MR) is 52.5 cm³/mol. The van der Waals surface area contributed by atoms with E-state index in [1.165, 1.54) is 23.5 Å². The minimum Gasteiger partial charge on any atom is -0.405 e. The van der Waals surface area contributed by atoms with Crippen molar-refractivity contribution >= 4 is 22.4 Å². The zero-order chi connectivity index (χ0) is 10.8. The second kappa shape index (κ2) is 3.65. The zero-order valence-electron chi connectivity index (χ0n) is 7.41. The molecule has 0 bridgehead atoms. The number of anilines is 1. The van der Waals surface area contributed by atoms with Crippen LogP contribution in [-0.2, 0) is 6.42 Å². The van der Waals surface area contributed by atoms with Gasteiger partial charge in [0, 0.05) is 0 Å². The molecule has 7 nitrogen and oxygen atoms in total. The first-order valence-electron chi connectivity index (χ1n) is 3.96. The van der Waals surface area contributed by atoms with Crippen molar-refractivity contribution in [2.24, 2.45) is 0 Å². The average molecular weight is 226 g/mol. The molecule has 2 N–H and O–H groups in total. The summed E-state index contributed by atoms with van der Waals surface area (Å²) in [4.78, 5) is 9.75. The van der Waals surface area contributed by atoms with Crippen LogP contribution in [0.3, 0.4) is 0 Å². The van der Waals surface area contributed by atoms with Gasteiger partial charge < -0.3 is 10.2 Å². The van der Waals surface area contributed by atoms with Crippen molar-refractivity contribution in [2.75, 3.05) is 5.73 Å². The van der Waals surface area contributed by atoms with Gasteiger partial charge in [0.15, 0.2) is 0 Å². The molecule has 0 saturated heterocycles. The molecule has 0 radical (unpaired) electrons. The molecular formula is C7H6N4O3S. The summed E-state index contributed by atoms with van der Waals surface area (Å²) in [7, 11) is 0. The molecule has 0 aromatic carbocycles. The molecule has 0 saturated carbocycles. The Bertz CT molecular complexity index is 492. The van der Waals surface area contributed by atoms with E-state index in [4.69, 9.17) is 10.2 Å². The highest BCUT2D eigenvalue weighted by molar-refractivity contribution is 7.15. The summed E-state index contributed by atoms with van der Waals surface area (Å²) in [5.74, 6) is 0.195. The van der Waals surface area contributed by atoms with E-state index in [9.17, 15) is 10.1 Å². The van der Waals surface area contributed by atoms with E-state index >= 15 is 0 Å². The van der Waals surface area contributed by atoms with Crippen LogP contribution in [0.15, 0.2) is 16.5 Å². The Kier molecular flexibility index (Phi) is 2.34. The van der Waals surface area contributed by atoms with Gasteiger partial charge in [0.1, 0.15) is 15.7 Å². The number of nitro groups is 1. The summed E-state index contributed by atoms with van der Waals surface area (Å²) >= 11 is 1.23. The van der Waals surface area contributed by atoms with Gasteiger partial charge in [-0.2, -0.15) is 0 Å². The van der Waals surface area contributed by atoms with Crippen molar-refractivity contribution in [2.45, 2.75) is 6.42 Å². The van der Waals surface area contributed by atoms with E-state index in [1.54, 1.807) is 0 Å². The highest BCUT2D eigenvalue weighted by Crippen LogP contribution is 2.20. The number of hydrogen-bond donors (Lipinski definition) is 1. The monoisotopic (exact) mass is 226 g/mol. The number of nitrogens with zero attached hydrogens (tertiary/aromatic N) is 3. The number of nitrogens with two attached hydrogens (primary N) is 1. The van der Waals surface area contributed by atoms with E-state index in [2.05, 4.69) is 10.2 Å². The van der Waals surface area contributed by atoms with Gasteiger partial charge in [-0.15, -0.1) is 10.2 Å². The molecule has 0 atom stereocenters. The van der Waals surface area contributed by atoms with E-state index in [0.717, 1.165) is 0 Å². The quantitative estimate of drug-likeness (QED) is 0.622. The standard InChI is InChI=1S/C7H6N4O3S/c8-7-10-9-5(15-7)3-4-1-2-6(14-4)11(12)13/h1-2H,3H2,(H2,8,10). The number of nitrogen functional groups attached to an aromatic ring is 1. The molecular weight excluding hydrogens is 220 g/mol. The number of rotatable bonds is 3. The largest absolute Gasteiger partial charge is 0.433 e. The molecule has 0 unspecified atom stereocenters. The average Bonchev–Trinajstić information content (AvgIpc) is 2.76. The van der Waals surface area contributed by atoms with Crippen molar-refractivity contribution in [3.63, 3.8) is 0 Å². The third kappa shape index (κ3) is 2.10. The lowest BCUT2D eigenvalue weighted by Gasteiger charge is -1.88. The van der Waals surface area contributed by atoms with Crippen LogP contribution in [0.2, 0.25) is 0 Å². The van der Waals surface area contributed by atoms with Crippen molar-refractivity contribution in [3.05, 3.63) is 33.0 Å². The first-order valence-corrected chi connectivity index (χ1v) is 4.78. The topological polar surface area (TPSA) is 108 Å². The molecule has 2 aromatic rings. The van der Waals surface area contributed by atoms with Crippen LogP contribution in [0.25, 0.3) is 0 Å². The Balaban J connectivity index is 2.14. The molecule has 8 heteroatoms. The maximum absolute atomic E-state index is 10.3. The van der Waals surface area contributed by atoms with Gasteiger partial charge in [0.25, 0.3) is 0 Å². The maximum atomic E-state index is 10.3. The second-order valence-electron chi connectivity index (χ2n) is 2.71. The number of hydrogen-bond acceptors (Lipinski definition) is 7. The smallest absolute Gasteiger partial charge is 0.405 e. The maximum Gasteiger partial charge on any atom is 0.433 e. The molecule has 78 valence electrons. The molecule has 2 aromatic heterocycles. The second-order valence-corrected chi connectivity index (χ2v) is 3.80. The van der Waals surface area contributed by atoms with Crippen molar-refractivity contribution in [1.29, 1.82) is 0 Å². The van der Waals surface area contributed by atoms with Crippen molar-refractivity contribution < 1.29 is 9.34 Å². The van der Waals surface area contributed by atoms with E-state index in [1.807, 2.05) is 0 Å². The van der Waals surface area contributed by atoms with Crippen molar-refractivity contribution in [1.82, 2.24) is 10.2 Å². The molecule has 0 aliphatic heterocycles. The fourth-order valence-corrected chi connectivity index (χ4v) is 1.67. The molecule has 0 spiro atoms. The van der Waals surface area contributed by atoms with Gasteiger partial charge >= 0.3 is 5.88 Å². The minimum atomic E-state index is -0.585. The van der Waals surface area contributed by atoms with Crippen LogP contribution in [-0.4, -0.2) is 15.1 Å². The van der Waals surface area contributed by atoms with Gasteiger partial charge in [-0.3, -0.25) is 10.1 Å². The molecule has 2 rings (SSSR count). The lowest BCUT2D eigenvalue weighted by Crippen LogP contribution is -1.85. The highest BCUT2D eigenvalue weighted by atomic mass is 32.1. The normalized spacial score (nSPS) is 10.4. The number of aromatic nitrogens is 2. The molecule has 0 aliphatic rings. The summed E-state index contributed by atoms with van der Waals surface area (Å²) in [5.41, 5.74) is 5.39. The Morgan fingerprint density at radius 3 is 2.87 bits per heavy atom. The predicted octanol–water partition coefficient (Wildman–Crippen LogP) is 1.21. The van der Waals surface area contributed by atoms with E-state index in [-0.39, 0.29) is 5.88 Å². The SMILES string of the molecule is Nc1nnc(Cc2ccc([N+](=O)[O-])o2)s1. The molecule has 0 aliphatic carbocycles. The van der Waals surface area contributed by atoms with Gasteiger partial charge in [0.05, 0.1) is 12.5 Å². The van der Waals surface area contributed by atoms with E-state index in [0.29, 0.717) is 22.3 Å². The van der Waals surface area contributed by atoms with Gasteiger partial charge in [-0.05, 0) is 6.07 Å². The Morgan fingerprint density at radius 1 is 1.53 bits per heavy atom. The lowest BCUT2D eigenvalue weighted by atomic mass is 10.3. The van der Waals surface area contributed by atoms with Gasteiger partial charge in [-0.1, -0.05) is 11.3 Å². The van der Waals surface area contributed by atoms with Crippen LogP contribution in [0.1, 0.15) is 10.8 Å². The summed E-state index contributed by atoms with van der Waals surface area (Å²) in [6, 6.07) is 2.84. The molecule has 0 amide bonds. The van der Waals surface area contributed by atoms with Crippen LogP contribution < -0.4 is 5.73 Å². The van der Waals surface area contributed by atoms with Gasteiger partial charge in [0.2, 0.25) is 5.13 Å². The molecule has 0 fully saturated rings. The fraction of sp³-hybridized carbons (Fsp3) is 0.143.